The summed E-state index contributed by atoms with van der Waals surface area (Å²) >= 11 is 0. The second-order valence-electron chi connectivity index (χ2n) is 5.73. The van der Waals surface area contributed by atoms with Crippen molar-refractivity contribution in [2.45, 2.75) is 19.0 Å². The minimum atomic E-state index is -0.780. The maximum atomic E-state index is 6.14. The van der Waals surface area contributed by atoms with Gasteiger partial charge < -0.3 is 11.5 Å². The lowest BCUT2D eigenvalue weighted by Gasteiger charge is -2.28. The van der Waals surface area contributed by atoms with E-state index in [0.717, 1.165) is 11.1 Å². The fraction of sp³-hybridized carbons (Fsp3) is 0.158. The maximum absolute atomic E-state index is 6.14. The Labute approximate surface area is 125 Å². The SMILES string of the molecule is Cc1cccc(C2=CC(N)(N)CC=C2c2ccccc2)c1. The van der Waals surface area contributed by atoms with Crippen molar-refractivity contribution in [2.75, 3.05) is 0 Å². The second kappa shape index (κ2) is 5.32. The standard InChI is InChI=1S/C19H20N2/c1-14-6-5-9-16(12-14)18-13-19(20,21)11-10-17(18)15-7-3-2-4-8-15/h2-10,12-13H,11,20-21H2,1H3. The van der Waals surface area contributed by atoms with Crippen LogP contribution in [-0.2, 0) is 0 Å². The molecule has 0 amide bonds. The lowest BCUT2D eigenvalue weighted by molar-refractivity contribution is 0.560. The minimum Gasteiger partial charge on any atom is -0.310 e. The Kier molecular flexibility index (Phi) is 3.50. The van der Waals surface area contributed by atoms with Crippen molar-refractivity contribution in [3.05, 3.63) is 83.4 Å². The van der Waals surface area contributed by atoms with Crippen LogP contribution in [0.3, 0.4) is 0 Å². The Hall–Kier alpha value is -2.16. The number of hydrogen-bond acceptors (Lipinski definition) is 2. The van der Waals surface area contributed by atoms with Gasteiger partial charge in [-0.2, -0.15) is 0 Å². The molecule has 2 aromatic carbocycles. The van der Waals surface area contributed by atoms with Gasteiger partial charge in [-0.25, -0.2) is 0 Å². The molecule has 0 radical (unpaired) electrons. The molecule has 0 heterocycles. The molecule has 21 heavy (non-hydrogen) atoms. The van der Waals surface area contributed by atoms with Gasteiger partial charge in [-0.1, -0.05) is 66.2 Å². The molecule has 0 spiro atoms. The lowest BCUT2D eigenvalue weighted by atomic mass is 9.83. The van der Waals surface area contributed by atoms with Gasteiger partial charge >= 0.3 is 0 Å². The highest BCUT2D eigenvalue weighted by Gasteiger charge is 2.24. The van der Waals surface area contributed by atoms with Crippen LogP contribution >= 0.6 is 0 Å². The molecule has 0 atom stereocenters. The molecular weight excluding hydrogens is 256 g/mol. The van der Waals surface area contributed by atoms with Gasteiger partial charge in [-0.15, -0.1) is 0 Å². The molecule has 106 valence electrons. The number of benzene rings is 2. The first-order valence-electron chi connectivity index (χ1n) is 7.19. The maximum Gasteiger partial charge on any atom is 0.0873 e. The summed E-state index contributed by atoms with van der Waals surface area (Å²) in [7, 11) is 0. The third kappa shape index (κ3) is 2.97. The lowest BCUT2D eigenvalue weighted by Crippen LogP contribution is -2.48. The molecule has 3 rings (SSSR count). The monoisotopic (exact) mass is 276 g/mol. The molecule has 1 aliphatic carbocycles. The van der Waals surface area contributed by atoms with E-state index in [1.54, 1.807) is 0 Å². The molecule has 0 fully saturated rings. The predicted octanol–water partition coefficient (Wildman–Crippen LogP) is 3.48. The molecule has 0 aromatic heterocycles. The van der Waals surface area contributed by atoms with Crippen molar-refractivity contribution in [1.29, 1.82) is 0 Å². The number of nitrogens with two attached hydrogens (primary N) is 2. The Morgan fingerprint density at radius 2 is 1.57 bits per heavy atom. The molecule has 0 saturated carbocycles. The minimum absolute atomic E-state index is 0.645. The summed E-state index contributed by atoms with van der Waals surface area (Å²) in [6, 6.07) is 18.8. The van der Waals surface area contributed by atoms with Gasteiger partial charge in [0.1, 0.15) is 0 Å². The summed E-state index contributed by atoms with van der Waals surface area (Å²) in [6.45, 7) is 2.09. The van der Waals surface area contributed by atoms with Crippen LogP contribution in [-0.4, -0.2) is 5.66 Å². The van der Waals surface area contributed by atoms with Crippen molar-refractivity contribution < 1.29 is 0 Å². The van der Waals surface area contributed by atoms with E-state index in [1.165, 1.54) is 16.7 Å². The molecule has 0 saturated heterocycles. The van der Waals surface area contributed by atoms with E-state index < -0.39 is 5.66 Å². The molecule has 4 N–H and O–H groups in total. The van der Waals surface area contributed by atoms with Gasteiger partial charge in [0, 0.05) is 6.42 Å². The van der Waals surface area contributed by atoms with E-state index in [0.29, 0.717) is 6.42 Å². The third-order valence-corrected chi connectivity index (χ3v) is 3.78. The normalized spacial score (nSPS) is 17.1. The first kappa shape index (κ1) is 13.8. The zero-order chi connectivity index (χ0) is 14.9. The molecule has 1 aliphatic rings. The molecular formula is C19H20N2. The van der Waals surface area contributed by atoms with Crippen LogP contribution in [0.25, 0.3) is 11.1 Å². The number of allylic oxidation sites excluding steroid dienone is 2. The second-order valence-corrected chi connectivity index (χ2v) is 5.73. The van der Waals surface area contributed by atoms with Crippen LogP contribution in [0.1, 0.15) is 23.1 Å². The van der Waals surface area contributed by atoms with Gasteiger partial charge in [-0.3, -0.25) is 0 Å². The van der Waals surface area contributed by atoms with Crippen LogP contribution < -0.4 is 11.5 Å². The van der Waals surface area contributed by atoms with Crippen LogP contribution in [0, 0.1) is 6.92 Å². The third-order valence-electron chi connectivity index (χ3n) is 3.78. The molecule has 2 aromatic rings. The fourth-order valence-corrected chi connectivity index (χ4v) is 2.74. The zero-order valence-electron chi connectivity index (χ0n) is 12.2. The van der Waals surface area contributed by atoms with Gasteiger partial charge in [0.2, 0.25) is 0 Å². The van der Waals surface area contributed by atoms with Crippen LogP contribution in [0.4, 0.5) is 0 Å². The molecule has 0 aliphatic heterocycles. The van der Waals surface area contributed by atoms with Gasteiger partial charge in [-0.05, 0) is 35.3 Å². The van der Waals surface area contributed by atoms with Crippen LogP contribution in [0.2, 0.25) is 0 Å². The van der Waals surface area contributed by atoms with E-state index in [-0.39, 0.29) is 0 Å². The molecule has 0 bridgehead atoms. The van der Waals surface area contributed by atoms with Crippen molar-refractivity contribution in [3.63, 3.8) is 0 Å². The highest BCUT2D eigenvalue weighted by Crippen LogP contribution is 2.36. The Morgan fingerprint density at radius 3 is 2.29 bits per heavy atom. The smallest absolute Gasteiger partial charge is 0.0873 e. The average molecular weight is 276 g/mol. The number of aryl methyl sites for hydroxylation is 1. The van der Waals surface area contributed by atoms with E-state index >= 15 is 0 Å². The van der Waals surface area contributed by atoms with E-state index in [1.807, 2.05) is 12.1 Å². The van der Waals surface area contributed by atoms with Crippen LogP contribution in [0.15, 0.2) is 66.7 Å². The largest absolute Gasteiger partial charge is 0.310 e. The Morgan fingerprint density at radius 1 is 0.857 bits per heavy atom. The summed E-state index contributed by atoms with van der Waals surface area (Å²) in [5.41, 5.74) is 17.4. The molecule has 2 heteroatoms. The van der Waals surface area contributed by atoms with Crippen molar-refractivity contribution in [1.82, 2.24) is 0 Å². The summed E-state index contributed by atoms with van der Waals surface area (Å²) < 4.78 is 0. The number of hydrogen-bond donors (Lipinski definition) is 2. The van der Waals surface area contributed by atoms with Gasteiger partial charge in [0.15, 0.2) is 0 Å². The highest BCUT2D eigenvalue weighted by molar-refractivity contribution is 6.06. The van der Waals surface area contributed by atoms with Gasteiger partial charge in [0.25, 0.3) is 0 Å². The number of rotatable bonds is 2. The summed E-state index contributed by atoms with van der Waals surface area (Å²) in [5, 5.41) is 0. The molecule has 2 nitrogen and oxygen atoms in total. The van der Waals surface area contributed by atoms with Gasteiger partial charge in [0.05, 0.1) is 5.66 Å². The average Bonchev–Trinajstić information content (AvgIpc) is 2.47. The van der Waals surface area contributed by atoms with Crippen molar-refractivity contribution >= 4 is 11.1 Å². The predicted molar refractivity (Wildman–Crippen MR) is 89.3 cm³/mol. The topological polar surface area (TPSA) is 52.0 Å². The summed E-state index contributed by atoms with van der Waals surface area (Å²) in [6.07, 6.45) is 4.78. The molecule has 0 unspecified atom stereocenters. The fourth-order valence-electron chi connectivity index (χ4n) is 2.74. The highest BCUT2D eigenvalue weighted by atomic mass is 14.9. The van der Waals surface area contributed by atoms with Crippen molar-refractivity contribution in [3.8, 4) is 0 Å². The van der Waals surface area contributed by atoms with Crippen LogP contribution in [0.5, 0.6) is 0 Å². The zero-order valence-corrected chi connectivity index (χ0v) is 12.2. The van der Waals surface area contributed by atoms with Crippen molar-refractivity contribution in [2.24, 2.45) is 11.5 Å². The summed E-state index contributed by atoms with van der Waals surface area (Å²) in [5.74, 6) is 0. The Balaban J connectivity index is 2.12. The Bertz CT molecular complexity index is 709. The van der Waals surface area contributed by atoms with E-state index in [4.69, 9.17) is 11.5 Å². The van der Waals surface area contributed by atoms with E-state index in [2.05, 4.69) is 61.5 Å². The quantitative estimate of drug-likeness (QED) is 0.825. The van der Waals surface area contributed by atoms with E-state index in [9.17, 15) is 0 Å². The first-order chi connectivity index (χ1) is 10.1. The first-order valence-corrected chi connectivity index (χ1v) is 7.19. The summed E-state index contributed by atoms with van der Waals surface area (Å²) in [4.78, 5) is 0.